The van der Waals surface area contributed by atoms with Crippen LogP contribution in [-0.4, -0.2) is 19.8 Å². The van der Waals surface area contributed by atoms with Gasteiger partial charge in [-0.15, -0.1) is 0 Å². The number of para-hydroxylation sites is 1. The molecule has 4 nitrogen and oxygen atoms in total. The van der Waals surface area contributed by atoms with Gasteiger partial charge in [-0.3, -0.25) is 0 Å². The van der Waals surface area contributed by atoms with Crippen molar-refractivity contribution in [2.24, 2.45) is 5.92 Å². The Morgan fingerprint density at radius 3 is 2.38 bits per heavy atom. The van der Waals surface area contributed by atoms with Crippen molar-refractivity contribution in [1.29, 1.82) is 0 Å². The van der Waals surface area contributed by atoms with E-state index >= 15 is 0 Å². The second kappa shape index (κ2) is 10.5. The van der Waals surface area contributed by atoms with E-state index in [9.17, 15) is 4.39 Å². The molecule has 3 aromatic carbocycles. The Labute approximate surface area is 188 Å². The third kappa shape index (κ3) is 6.01. The van der Waals surface area contributed by atoms with Crippen LogP contribution < -0.4 is 14.2 Å². The van der Waals surface area contributed by atoms with E-state index < -0.39 is 6.10 Å². The summed E-state index contributed by atoms with van der Waals surface area (Å²) in [4.78, 5) is 0. The minimum Gasteiger partial charge on any atom is -0.497 e. The molecular weight excluding hydrogens is 407 g/mol. The van der Waals surface area contributed by atoms with Gasteiger partial charge in [0, 0.05) is 11.6 Å². The van der Waals surface area contributed by atoms with Gasteiger partial charge < -0.3 is 18.9 Å². The Hall–Kier alpha value is -3.05. The van der Waals surface area contributed by atoms with Gasteiger partial charge in [-0.05, 0) is 67.6 Å². The smallest absolute Gasteiger partial charge is 0.153 e. The van der Waals surface area contributed by atoms with Gasteiger partial charge in [0.1, 0.15) is 23.1 Å². The van der Waals surface area contributed by atoms with Gasteiger partial charge in [-0.25, -0.2) is 4.39 Å². The summed E-state index contributed by atoms with van der Waals surface area (Å²) >= 11 is 0. The molecule has 1 aliphatic carbocycles. The maximum absolute atomic E-state index is 14.0. The number of hydrogen-bond donors (Lipinski definition) is 0. The first-order valence-electron chi connectivity index (χ1n) is 11.0. The minimum absolute atomic E-state index is 0.314. The third-order valence-electron chi connectivity index (χ3n) is 5.56. The quantitative estimate of drug-likeness (QED) is 0.351. The molecule has 168 valence electrons. The zero-order valence-electron chi connectivity index (χ0n) is 18.5. The van der Waals surface area contributed by atoms with Gasteiger partial charge in [-0.2, -0.15) is 0 Å². The highest BCUT2D eigenvalue weighted by Gasteiger charge is 2.28. The number of ether oxygens (including phenoxy) is 4. The lowest BCUT2D eigenvalue weighted by atomic mass is 10.0. The van der Waals surface area contributed by atoms with Crippen molar-refractivity contribution < 1.29 is 23.3 Å². The average Bonchev–Trinajstić information content (AvgIpc) is 3.66. The molecule has 0 amide bonds. The van der Waals surface area contributed by atoms with Gasteiger partial charge >= 0.3 is 0 Å². The van der Waals surface area contributed by atoms with Gasteiger partial charge in [0.25, 0.3) is 0 Å². The van der Waals surface area contributed by atoms with Crippen LogP contribution in [0.1, 0.15) is 37.0 Å². The fourth-order valence-corrected chi connectivity index (χ4v) is 3.46. The van der Waals surface area contributed by atoms with Crippen molar-refractivity contribution in [2.75, 3.05) is 13.7 Å². The standard InChI is InChI=1S/C27H29FO4/c1-19(30-17-21-10-13-23(29-2)14-11-21)27(32-24-6-4-3-5-7-24)25-15-12-22(28)16-26(25)31-18-20-8-9-20/h3-7,10-16,19-20,27H,8-9,17-18H2,1-2H3/t19?,27-/m0/s1. The molecule has 1 aliphatic rings. The van der Waals surface area contributed by atoms with E-state index in [4.69, 9.17) is 18.9 Å². The number of methoxy groups -OCH3 is 1. The zero-order chi connectivity index (χ0) is 22.3. The fourth-order valence-electron chi connectivity index (χ4n) is 3.46. The fraction of sp³-hybridized carbons (Fsp3) is 0.333. The summed E-state index contributed by atoms with van der Waals surface area (Å²) in [6.07, 6.45) is 1.54. The largest absolute Gasteiger partial charge is 0.497 e. The number of halogens is 1. The highest BCUT2D eigenvalue weighted by atomic mass is 19.1. The monoisotopic (exact) mass is 436 g/mol. The van der Waals surface area contributed by atoms with E-state index in [1.54, 1.807) is 13.2 Å². The summed E-state index contributed by atoms with van der Waals surface area (Å²) in [6, 6.07) is 22.0. The van der Waals surface area contributed by atoms with E-state index in [2.05, 4.69) is 0 Å². The lowest BCUT2D eigenvalue weighted by Gasteiger charge is -2.27. The van der Waals surface area contributed by atoms with Crippen LogP contribution in [0.4, 0.5) is 4.39 Å². The first-order valence-corrected chi connectivity index (χ1v) is 11.0. The number of hydrogen-bond acceptors (Lipinski definition) is 4. The van der Waals surface area contributed by atoms with Crippen LogP contribution in [0.5, 0.6) is 17.2 Å². The molecule has 2 atom stereocenters. The zero-order valence-corrected chi connectivity index (χ0v) is 18.5. The number of benzene rings is 3. The predicted octanol–water partition coefficient (Wildman–Crippen LogP) is 6.35. The molecule has 0 aliphatic heterocycles. The van der Waals surface area contributed by atoms with Crippen molar-refractivity contribution in [3.63, 3.8) is 0 Å². The van der Waals surface area contributed by atoms with Crippen LogP contribution in [0.15, 0.2) is 72.8 Å². The average molecular weight is 437 g/mol. The van der Waals surface area contributed by atoms with E-state index in [0.29, 0.717) is 24.9 Å². The first kappa shape index (κ1) is 22.2. The van der Waals surface area contributed by atoms with Gasteiger partial charge in [0.05, 0.1) is 26.4 Å². The molecule has 0 heterocycles. The highest BCUT2D eigenvalue weighted by Crippen LogP contribution is 2.36. The second-order valence-electron chi connectivity index (χ2n) is 8.15. The molecule has 4 rings (SSSR count). The molecule has 3 aromatic rings. The number of rotatable bonds is 11. The molecule has 5 heteroatoms. The maximum atomic E-state index is 14.0. The summed E-state index contributed by atoms with van der Waals surface area (Å²) < 4.78 is 37.8. The maximum Gasteiger partial charge on any atom is 0.153 e. The predicted molar refractivity (Wildman–Crippen MR) is 122 cm³/mol. The molecule has 0 aromatic heterocycles. The van der Waals surface area contributed by atoms with E-state index in [-0.39, 0.29) is 11.9 Å². The Balaban J connectivity index is 1.55. The molecule has 1 fully saturated rings. The van der Waals surface area contributed by atoms with Crippen molar-refractivity contribution in [3.05, 3.63) is 89.7 Å². The summed E-state index contributed by atoms with van der Waals surface area (Å²) in [5, 5.41) is 0. The van der Waals surface area contributed by atoms with E-state index in [0.717, 1.165) is 35.5 Å². The molecular formula is C27H29FO4. The SMILES string of the molecule is COc1ccc(COC(C)[C@H](Oc2ccccc2)c2ccc(F)cc2OCC2CC2)cc1. The molecule has 1 saturated carbocycles. The van der Waals surface area contributed by atoms with Crippen molar-refractivity contribution in [2.45, 2.75) is 38.6 Å². The Morgan fingerprint density at radius 2 is 1.69 bits per heavy atom. The molecule has 32 heavy (non-hydrogen) atoms. The van der Waals surface area contributed by atoms with E-state index in [1.165, 1.54) is 12.1 Å². The molecule has 0 N–H and O–H groups in total. The topological polar surface area (TPSA) is 36.9 Å². The molecule has 0 radical (unpaired) electrons. The van der Waals surface area contributed by atoms with Crippen LogP contribution in [0, 0.1) is 11.7 Å². The highest BCUT2D eigenvalue weighted by molar-refractivity contribution is 5.38. The Bertz CT molecular complexity index is 986. The summed E-state index contributed by atoms with van der Waals surface area (Å²) in [7, 11) is 1.64. The lowest BCUT2D eigenvalue weighted by molar-refractivity contribution is -0.0261. The van der Waals surface area contributed by atoms with Crippen molar-refractivity contribution in [3.8, 4) is 17.2 Å². The van der Waals surface area contributed by atoms with Crippen molar-refractivity contribution in [1.82, 2.24) is 0 Å². The van der Waals surface area contributed by atoms with Crippen LogP contribution >= 0.6 is 0 Å². The van der Waals surface area contributed by atoms with Gasteiger partial charge in [0.2, 0.25) is 0 Å². The van der Waals surface area contributed by atoms with Crippen LogP contribution in [0.3, 0.4) is 0 Å². The molecule has 0 saturated heterocycles. The Kier molecular flexibility index (Phi) is 7.28. The second-order valence-corrected chi connectivity index (χ2v) is 8.15. The van der Waals surface area contributed by atoms with Gasteiger partial charge in [-0.1, -0.05) is 30.3 Å². The lowest BCUT2D eigenvalue weighted by Crippen LogP contribution is -2.25. The van der Waals surface area contributed by atoms with E-state index in [1.807, 2.05) is 61.5 Å². The summed E-state index contributed by atoms with van der Waals surface area (Å²) in [5.41, 5.74) is 1.80. The third-order valence-corrected chi connectivity index (χ3v) is 5.56. The molecule has 0 spiro atoms. The first-order chi connectivity index (χ1) is 15.6. The summed E-state index contributed by atoms with van der Waals surface area (Å²) in [6.45, 7) is 2.97. The Morgan fingerprint density at radius 1 is 0.938 bits per heavy atom. The van der Waals surface area contributed by atoms with Crippen LogP contribution in [-0.2, 0) is 11.3 Å². The molecule has 1 unspecified atom stereocenters. The molecule has 0 bridgehead atoms. The van der Waals surface area contributed by atoms with Crippen LogP contribution in [0.2, 0.25) is 0 Å². The van der Waals surface area contributed by atoms with Crippen molar-refractivity contribution >= 4 is 0 Å². The minimum atomic E-state index is -0.467. The van der Waals surface area contributed by atoms with Gasteiger partial charge in [0.15, 0.2) is 6.10 Å². The van der Waals surface area contributed by atoms with Crippen LogP contribution in [0.25, 0.3) is 0 Å². The normalized spacial score (nSPS) is 15.1. The summed E-state index contributed by atoms with van der Waals surface area (Å²) in [5.74, 6) is 2.26.